The zero-order chi connectivity index (χ0) is 17.0. The molecule has 25 heavy (non-hydrogen) atoms. The number of aromatic nitrogens is 2. The van der Waals surface area contributed by atoms with E-state index in [-0.39, 0.29) is 0 Å². The molecule has 2 aromatic rings. The number of hydrogen-bond acceptors (Lipinski definition) is 5. The Hall–Kier alpha value is -2.05. The molecule has 0 atom stereocenters. The molecule has 2 saturated carbocycles. The minimum Gasteiger partial charge on any atom is -0.368 e. The van der Waals surface area contributed by atoms with Crippen molar-refractivity contribution in [3.8, 4) is 0 Å². The van der Waals surface area contributed by atoms with Crippen LogP contribution in [0.2, 0.25) is 5.02 Å². The third kappa shape index (κ3) is 2.51. The molecule has 3 N–H and O–H groups in total. The fourth-order valence-corrected chi connectivity index (χ4v) is 4.08. The van der Waals surface area contributed by atoms with Gasteiger partial charge in [0.05, 0.1) is 28.1 Å². The van der Waals surface area contributed by atoms with Gasteiger partial charge in [-0.2, -0.15) is 5.10 Å². The van der Waals surface area contributed by atoms with Gasteiger partial charge in [0.2, 0.25) is 0 Å². The van der Waals surface area contributed by atoms with Crippen LogP contribution in [0.3, 0.4) is 0 Å². The highest BCUT2D eigenvalue weighted by Crippen LogP contribution is 2.72. The van der Waals surface area contributed by atoms with E-state index in [1.807, 2.05) is 12.3 Å². The summed E-state index contributed by atoms with van der Waals surface area (Å²) in [6, 6.07) is 3.93. The lowest BCUT2D eigenvalue weighted by molar-refractivity contribution is 0.530. The van der Waals surface area contributed by atoms with Gasteiger partial charge < -0.3 is 20.9 Å². The molecule has 5 rings (SSSR count). The van der Waals surface area contributed by atoms with Gasteiger partial charge >= 0.3 is 0 Å². The summed E-state index contributed by atoms with van der Waals surface area (Å²) in [5.74, 6) is 0.854. The van der Waals surface area contributed by atoms with Crippen LogP contribution in [0.5, 0.6) is 0 Å². The fraction of sp³-hybridized carbons (Fsp3) is 0.444. The minimum atomic E-state index is 0.344. The van der Waals surface area contributed by atoms with Crippen molar-refractivity contribution >= 4 is 34.9 Å². The first-order valence-corrected chi connectivity index (χ1v) is 9.19. The van der Waals surface area contributed by atoms with Crippen molar-refractivity contribution in [1.29, 1.82) is 5.41 Å². The highest BCUT2D eigenvalue weighted by Gasteiger charge is 2.72. The second-order valence-corrected chi connectivity index (χ2v) is 7.69. The first kappa shape index (κ1) is 15.2. The van der Waals surface area contributed by atoms with Crippen molar-refractivity contribution in [1.82, 2.24) is 15.1 Å². The van der Waals surface area contributed by atoms with Crippen LogP contribution >= 0.6 is 11.6 Å². The summed E-state index contributed by atoms with van der Waals surface area (Å²) in [5.41, 5.74) is 4.00. The van der Waals surface area contributed by atoms with Crippen LogP contribution in [0.1, 0.15) is 18.4 Å². The predicted molar refractivity (Wildman–Crippen MR) is 101 cm³/mol. The van der Waals surface area contributed by atoms with Gasteiger partial charge in [-0.25, -0.2) is 0 Å². The van der Waals surface area contributed by atoms with Crippen LogP contribution in [-0.4, -0.2) is 42.2 Å². The van der Waals surface area contributed by atoms with E-state index in [0.29, 0.717) is 10.6 Å². The van der Waals surface area contributed by atoms with Crippen LogP contribution in [-0.2, 0) is 5.54 Å². The van der Waals surface area contributed by atoms with E-state index in [4.69, 9.17) is 17.0 Å². The number of nitrogens with zero attached hydrogens (tertiary/aromatic N) is 3. The molecule has 1 aliphatic heterocycles. The first-order valence-electron chi connectivity index (χ1n) is 8.81. The summed E-state index contributed by atoms with van der Waals surface area (Å²) >= 11 is 6.48. The summed E-state index contributed by atoms with van der Waals surface area (Å²) in [7, 11) is 0. The summed E-state index contributed by atoms with van der Waals surface area (Å²) in [6.45, 7) is 3.79. The maximum atomic E-state index is 7.71. The molecular weight excluding hydrogens is 336 g/mol. The molecule has 130 valence electrons. The maximum Gasteiger partial charge on any atom is 0.0770 e. The molecule has 3 aliphatic rings. The van der Waals surface area contributed by atoms with E-state index >= 15 is 0 Å². The Morgan fingerprint density at radius 2 is 2.08 bits per heavy atom. The Kier molecular flexibility index (Phi) is 3.33. The molecular formula is C18H21ClN6. The maximum absolute atomic E-state index is 7.71. The topological polar surface area (TPSA) is 69.0 Å². The fourth-order valence-electron chi connectivity index (χ4n) is 3.79. The summed E-state index contributed by atoms with van der Waals surface area (Å²) in [5, 5.41) is 19.7. The number of hydrogen-bond donors (Lipinski definition) is 3. The summed E-state index contributed by atoms with van der Waals surface area (Å²) < 4.78 is 2.11. The van der Waals surface area contributed by atoms with Crippen molar-refractivity contribution in [2.45, 2.75) is 18.4 Å². The van der Waals surface area contributed by atoms with Gasteiger partial charge in [0.25, 0.3) is 0 Å². The van der Waals surface area contributed by atoms with Crippen molar-refractivity contribution in [2.24, 2.45) is 5.92 Å². The van der Waals surface area contributed by atoms with Crippen LogP contribution in [0.25, 0.3) is 0 Å². The van der Waals surface area contributed by atoms with E-state index < -0.39 is 0 Å². The molecule has 2 heterocycles. The average molecular weight is 357 g/mol. The smallest absolute Gasteiger partial charge is 0.0770 e. The molecule has 2 aliphatic carbocycles. The monoisotopic (exact) mass is 356 g/mol. The number of benzene rings is 1. The Bertz CT molecular complexity index is 832. The van der Waals surface area contributed by atoms with E-state index in [0.717, 1.165) is 54.7 Å². The molecule has 0 bridgehead atoms. The SMILES string of the molecule is N=Cc1cc(Cl)c(N2CCNCC2)cc1Nc1cnn(C23CC2C3)c1. The largest absolute Gasteiger partial charge is 0.368 e. The number of piperazine rings is 1. The van der Waals surface area contributed by atoms with Crippen molar-refractivity contribution in [3.63, 3.8) is 0 Å². The van der Waals surface area contributed by atoms with Crippen LogP contribution < -0.4 is 15.5 Å². The molecule has 0 spiro atoms. The minimum absolute atomic E-state index is 0.344. The lowest BCUT2D eigenvalue weighted by Gasteiger charge is -2.30. The van der Waals surface area contributed by atoms with Gasteiger partial charge in [-0.1, -0.05) is 11.6 Å². The summed E-state index contributed by atoms with van der Waals surface area (Å²) in [6.07, 6.45) is 7.84. The molecule has 1 aromatic heterocycles. The lowest BCUT2D eigenvalue weighted by atomic mass is 10.1. The number of anilines is 3. The Morgan fingerprint density at radius 1 is 1.32 bits per heavy atom. The Morgan fingerprint density at radius 3 is 2.76 bits per heavy atom. The molecule has 0 amide bonds. The molecule has 1 aromatic carbocycles. The average Bonchev–Trinajstić information content (AvgIpc) is 3.46. The van der Waals surface area contributed by atoms with Gasteiger partial charge in [-0.05, 0) is 30.9 Å². The first-order chi connectivity index (χ1) is 12.2. The second kappa shape index (κ2) is 5.47. The number of halogens is 1. The number of nitrogens with one attached hydrogen (secondary N) is 3. The molecule has 6 nitrogen and oxygen atoms in total. The van der Waals surface area contributed by atoms with Crippen molar-refractivity contribution in [3.05, 3.63) is 35.1 Å². The highest BCUT2D eigenvalue weighted by atomic mass is 35.5. The standard InChI is InChI=1S/C18H21ClN6/c19-15-5-12(9-20)16(6-17(15)24-3-1-21-2-4-24)23-14-10-22-25(11-14)18-7-13(18)8-18/h5-6,9-11,13,20-21,23H,1-4,7-8H2. The van der Waals surface area contributed by atoms with Gasteiger partial charge in [0, 0.05) is 49.8 Å². The van der Waals surface area contributed by atoms with E-state index in [1.54, 1.807) is 0 Å². The van der Waals surface area contributed by atoms with Crippen LogP contribution in [0.4, 0.5) is 17.1 Å². The third-order valence-corrected chi connectivity index (χ3v) is 5.99. The van der Waals surface area contributed by atoms with Gasteiger partial charge in [-0.15, -0.1) is 0 Å². The normalized spacial score (nSPS) is 26.9. The second-order valence-electron chi connectivity index (χ2n) is 7.28. The zero-order valence-corrected chi connectivity index (χ0v) is 14.7. The molecule has 3 fully saturated rings. The van der Waals surface area contributed by atoms with E-state index in [1.165, 1.54) is 19.1 Å². The van der Waals surface area contributed by atoms with Gasteiger partial charge in [0.15, 0.2) is 0 Å². The molecule has 0 radical (unpaired) electrons. The molecule has 1 saturated heterocycles. The molecule has 0 unspecified atom stereocenters. The molecule has 7 heteroatoms. The van der Waals surface area contributed by atoms with Gasteiger partial charge in [0.1, 0.15) is 0 Å². The third-order valence-electron chi connectivity index (χ3n) is 5.69. The lowest BCUT2D eigenvalue weighted by Crippen LogP contribution is -2.43. The van der Waals surface area contributed by atoms with E-state index in [2.05, 4.69) is 37.6 Å². The Balaban J connectivity index is 1.44. The predicted octanol–water partition coefficient (Wildman–Crippen LogP) is 2.81. The number of fused-ring (bicyclic) bond motifs is 1. The highest BCUT2D eigenvalue weighted by molar-refractivity contribution is 6.33. The van der Waals surface area contributed by atoms with Crippen molar-refractivity contribution in [2.75, 3.05) is 36.4 Å². The number of rotatable bonds is 5. The quantitative estimate of drug-likeness (QED) is 0.720. The van der Waals surface area contributed by atoms with Gasteiger partial charge in [-0.3, -0.25) is 4.68 Å². The Labute approximate surface area is 151 Å². The summed E-state index contributed by atoms with van der Waals surface area (Å²) in [4.78, 5) is 2.29. The van der Waals surface area contributed by atoms with E-state index in [9.17, 15) is 0 Å². The van der Waals surface area contributed by atoms with Crippen LogP contribution in [0, 0.1) is 11.3 Å². The zero-order valence-electron chi connectivity index (χ0n) is 13.9. The van der Waals surface area contributed by atoms with Crippen LogP contribution in [0.15, 0.2) is 24.5 Å². The van der Waals surface area contributed by atoms with Crippen molar-refractivity contribution < 1.29 is 0 Å².